The zero-order chi connectivity index (χ0) is 20.4. The quantitative estimate of drug-likeness (QED) is 0.699. The molecule has 0 saturated heterocycles. The van der Waals surface area contributed by atoms with Crippen LogP contribution in [0.1, 0.15) is 53.3 Å². The Morgan fingerprint density at radius 1 is 0.966 bits per heavy atom. The molecule has 0 radical (unpaired) electrons. The molecular weight excluding hydrogens is 368 g/mol. The maximum Gasteiger partial charge on any atom is 0.342 e. The van der Waals surface area contributed by atoms with E-state index in [9.17, 15) is 19.8 Å². The van der Waals surface area contributed by atoms with Crippen molar-refractivity contribution in [3.8, 4) is 11.5 Å². The molecule has 4 rings (SSSR count). The standard InChI is InChI=1S/C24H24O5/c25-19-9-5-4-8-16-10-17(16)13-22(15-6-2-1-3-7-15)29-24(28)23-18(11-19)12-20(26)14-21(23)27/h1-3,5-7,9,12,14,16-17,22,26-27H,4,8,10-11,13H2/b9-5+/t16?,17?,22-/m0/s1. The molecule has 2 aromatic carbocycles. The lowest BCUT2D eigenvalue weighted by molar-refractivity contribution is -0.114. The molecule has 0 amide bonds. The predicted octanol–water partition coefficient (Wildman–Crippen LogP) is 4.48. The first-order valence-corrected chi connectivity index (χ1v) is 10.0. The van der Waals surface area contributed by atoms with Crippen molar-refractivity contribution in [2.45, 2.75) is 38.2 Å². The van der Waals surface area contributed by atoms with Crippen LogP contribution < -0.4 is 0 Å². The van der Waals surface area contributed by atoms with Gasteiger partial charge in [0.1, 0.15) is 23.2 Å². The van der Waals surface area contributed by atoms with E-state index < -0.39 is 12.1 Å². The number of hydrogen-bond acceptors (Lipinski definition) is 5. The summed E-state index contributed by atoms with van der Waals surface area (Å²) in [5.41, 5.74) is 1.11. The van der Waals surface area contributed by atoms with E-state index in [1.807, 2.05) is 36.4 Å². The largest absolute Gasteiger partial charge is 0.508 e. The van der Waals surface area contributed by atoms with Crippen LogP contribution in [0.4, 0.5) is 0 Å². The first-order chi connectivity index (χ1) is 14.0. The fourth-order valence-electron chi connectivity index (χ4n) is 4.15. The van der Waals surface area contributed by atoms with Crippen LogP contribution in [0.3, 0.4) is 0 Å². The van der Waals surface area contributed by atoms with Gasteiger partial charge in [-0.3, -0.25) is 4.79 Å². The highest BCUT2D eigenvalue weighted by Crippen LogP contribution is 2.48. The van der Waals surface area contributed by atoms with Gasteiger partial charge in [-0.15, -0.1) is 0 Å². The summed E-state index contributed by atoms with van der Waals surface area (Å²) in [5.74, 6) is -0.393. The number of fused-ring (bicyclic) bond motifs is 2. The van der Waals surface area contributed by atoms with E-state index >= 15 is 0 Å². The highest BCUT2D eigenvalue weighted by Gasteiger charge is 2.39. The molecule has 2 unspecified atom stereocenters. The number of rotatable bonds is 1. The number of cyclic esters (lactones) is 1. The molecule has 150 valence electrons. The second kappa shape index (κ2) is 8.11. The Balaban J connectivity index is 1.71. The maximum atomic E-state index is 13.0. The van der Waals surface area contributed by atoms with E-state index in [0.717, 1.165) is 37.3 Å². The lowest BCUT2D eigenvalue weighted by Crippen LogP contribution is -2.16. The Morgan fingerprint density at radius 3 is 2.55 bits per heavy atom. The normalized spacial score (nSPS) is 25.9. The Bertz CT molecular complexity index is 947. The van der Waals surface area contributed by atoms with Crippen LogP contribution in [0.25, 0.3) is 0 Å². The smallest absolute Gasteiger partial charge is 0.342 e. The number of carbonyl (C=O) groups is 2. The number of carbonyl (C=O) groups excluding carboxylic acids is 2. The Hall–Kier alpha value is -3.08. The van der Waals surface area contributed by atoms with E-state index in [0.29, 0.717) is 11.8 Å². The van der Waals surface area contributed by atoms with Gasteiger partial charge in [-0.2, -0.15) is 0 Å². The number of allylic oxidation sites excluding steroid dienone is 2. The molecule has 1 saturated carbocycles. The van der Waals surface area contributed by atoms with Crippen molar-refractivity contribution < 1.29 is 24.5 Å². The molecule has 2 aromatic rings. The minimum atomic E-state index is -0.683. The molecule has 2 aliphatic rings. The lowest BCUT2D eigenvalue weighted by Gasteiger charge is -2.20. The molecule has 0 bridgehead atoms. The monoisotopic (exact) mass is 392 g/mol. The van der Waals surface area contributed by atoms with Gasteiger partial charge in [0, 0.05) is 12.5 Å². The Morgan fingerprint density at radius 2 is 1.76 bits per heavy atom. The average molecular weight is 392 g/mol. The topological polar surface area (TPSA) is 83.8 Å². The maximum absolute atomic E-state index is 13.0. The summed E-state index contributed by atoms with van der Waals surface area (Å²) >= 11 is 0. The van der Waals surface area contributed by atoms with Crippen LogP contribution in [-0.2, 0) is 16.0 Å². The molecule has 5 heteroatoms. The molecule has 1 aliphatic heterocycles. The minimum absolute atomic E-state index is 0.0603. The molecule has 1 aliphatic carbocycles. The summed E-state index contributed by atoms with van der Waals surface area (Å²) in [4.78, 5) is 25.3. The zero-order valence-electron chi connectivity index (χ0n) is 16.1. The molecule has 1 fully saturated rings. The van der Waals surface area contributed by atoms with Gasteiger partial charge in [0.25, 0.3) is 0 Å². The van der Waals surface area contributed by atoms with E-state index in [4.69, 9.17) is 4.74 Å². The van der Waals surface area contributed by atoms with Gasteiger partial charge < -0.3 is 14.9 Å². The summed E-state index contributed by atoms with van der Waals surface area (Å²) in [6.07, 6.45) is 6.56. The van der Waals surface area contributed by atoms with E-state index in [-0.39, 0.29) is 34.8 Å². The van der Waals surface area contributed by atoms with Crippen molar-refractivity contribution in [1.82, 2.24) is 0 Å². The van der Waals surface area contributed by atoms with Crippen molar-refractivity contribution in [2.75, 3.05) is 0 Å². The van der Waals surface area contributed by atoms with Gasteiger partial charge >= 0.3 is 5.97 Å². The van der Waals surface area contributed by atoms with Gasteiger partial charge in [-0.1, -0.05) is 36.4 Å². The van der Waals surface area contributed by atoms with Crippen molar-refractivity contribution in [2.24, 2.45) is 11.8 Å². The van der Waals surface area contributed by atoms with Gasteiger partial charge in [-0.25, -0.2) is 4.79 Å². The van der Waals surface area contributed by atoms with Gasteiger partial charge in [0.05, 0.1) is 0 Å². The highest BCUT2D eigenvalue weighted by atomic mass is 16.5. The number of hydrogen-bond donors (Lipinski definition) is 2. The molecule has 29 heavy (non-hydrogen) atoms. The first kappa shape index (κ1) is 19.2. The second-order valence-corrected chi connectivity index (χ2v) is 7.92. The molecule has 2 N–H and O–H groups in total. The Labute approximate surface area is 169 Å². The first-order valence-electron chi connectivity index (χ1n) is 10.0. The molecular formula is C24H24O5. The average Bonchev–Trinajstić information content (AvgIpc) is 3.42. The number of aromatic hydroxyl groups is 2. The third kappa shape index (κ3) is 4.50. The van der Waals surface area contributed by atoms with E-state index in [2.05, 4.69) is 0 Å². The summed E-state index contributed by atoms with van der Waals surface area (Å²) < 4.78 is 5.85. The van der Waals surface area contributed by atoms with Crippen LogP contribution in [0.2, 0.25) is 0 Å². The molecule has 1 heterocycles. The van der Waals surface area contributed by atoms with Crippen LogP contribution >= 0.6 is 0 Å². The third-order valence-corrected chi connectivity index (χ3v) is 5.77. The summed E-state index contributed by atoms with van der Waals surface area (Å²) in [6, 6.07) is 12.0. The molecule has 0 spiro atoms. The molecule has 3 atom stereocenters. The number of benzene rings is 2. The van der Waals surface area contributed by atoms with Crippen molar-refractivity contribution in [3.05, 3.63) is 71.3 Å². The lowest BCUT2D eigenvalue weighted by atomic mass is 9.98. The van der Waals surface area contributed by atoms with Crippen LogP contribution in [0.15, 0.2) is 54.6 Å². The fraction of sp³-hybridized carbons (Fsp3) is 0.333. The summed E-state index contributed by atoms with van der Waals surface area (Å²) in [6.45, 7) is 0. The Kier molecular flexibility index (Phi) is 5.38. The minimum Gasteiger partial charge on any atom is -0.508 e. The van der Waals surface area contributed by atoms with Crippen LogP contribution in [0, 0.1) is 11.8 Å². The molecule has 0 aromatic heterocycles. The number of ether oxygens (including phenoxy) is 1. The van der Waals surface area contributed by atoms with Crippen LogP contribution in [-0.4, -0.2) is 22.0 Å². The predicted molar refractivity (Wildman–Crippen MR) is 108 cm³/mol. The number of phenols is 2. The van der Waals surface area contributed by atoms with Crippen molar-refractivity contribution >= 4 is 11.8 Å². The van der Waals surface area contributed by atoms with E-state index in [1.54, 1.807) is 0 Å². The van der Waals surface area contributed by atoms with Gasteiger partial charge in [-0.05, 0) is 60.8 Å². The molecule has 5 nitrogen and oxygen atoms in total. The SMILES string of the molecule is O=C1/C=C/CCC2CC2C[C@@H](c2ccccc2)OC(=O)c2c(O)cc(O)cc2C1. The third-order valence-electron chi connectivity index (χ3n) is 5.77. The number of phenolic OH excluding ortho intramolecular Hbond substituents is 2. The second-order valence-electron chi connectivity index (χ2n) is 7.92. The zero-order valence-corrected chi connectivity index (χ0v) is 16.1. The highest BCUT2D eigenvalue weighted by molar-refractivity contribution is 5.98. The van der Waals surface area contributed by atoms with Crippen molar-refractivity contribution in [3.63, 3.8) is 0 Å². The van der Waals surface area contributed by atoms with Gasteiger partial charge in [0.2, 0.25) is 0 Å². The fourth-order valence-corrected chi connectivity index (χ4v) is 4.15. The summed E-state index contributed by atoms with van der Waals surface area (Å²) in [7, 11) is 0. The van der Waals surface area contributed by atoms with Crippen molar-refractivity contribution in [1.29, 1.82) is 0 Å². The number of esters is 1. The van der Waals surface area contributed by atoms with E-state index in [1.165, 1.54) is 12.1 Å². The summed E-state index contributed by atoms with van der Waals surface area (Å²) in [5, 5.41) is 20.2. The number of ketones is 1. The van der Waals surface area contributed by atoms with Gasteiger partial charge in [0.15, 0.2) is 5.78 Å². The van der Waals surface area contributed by atoms with Crippen LogP contribution in [0.5, 0.6) is 11.5 Å².